The number of sulfone groups is 1. The molecule has 2 aromatic rings. The number of guanidine groups is 1. The van der Waals surface area contributed by atoms with Crippen molar-refractivity contribution in [1.29, 1.82) is 0 Å². The molecule has 27 heavy (non-hydrogen) atoms. The quantitative estimate of drug-likeness (QED) is 0.244. The highest BCUT2D eigenvalue weighted by molar-refractivity contribution is 14.0. The van der Waals surface area contributed by atoms with Gasteiger partial charge in [-0.2, -0.15) is 5.10 Å². The van der Waals surface area contributed by atoms with Crippen LogP contribution < -0.4 is 15.4 Å². The first-order valence-electron chi connectivity index (χ1n) is 8.32. The van der Waals surface area contributed by atoms with E-state index in [2.05, 4.69) is 20.7 Å². The third-order valence-corrected chi connectivity index (χ3v) is 4.71. The average Bonchev–Trinajstić information content (AvgIpc) is 3.01. The van der Waals surface area contributed by atoms with E-state index in [-0.39, 0.29) is 28.9 Å². The van der Waals surface area contributed by atoms with Gasteiger partial charge in [0.05, 0.1) is 23.7 Å². The van der Waals surface area contributed by atoms with Crippen LogP contribution in [0.2, 0.25) is 0 Å². The van der Waals surface area contributed by atoms with Gasteiger partial charge in [-0.15, -0.1) is 24.0 Å². The molecule has 1 heterocycles. The first kappa shape index (κ1) is 23.2. The molecule has 1 aromatic heterocycles. The molecule has 2 rings (SSSR count). The molecule has 0 radical (unpaired) electrons. The Balaban J connectivity index is 0.00000364. The Bertz CT molecular complexity index is 835. The number of aliphatic imine (C=N–C) groups is 1. The number of aryl methyl sites for hydroxylation is 1. The Labute approximate surface area is 177 Å². The van der Waals surface area contributed by atoms with Crippen molar-refractivity contribution in [3.63, 3.8) is 0 Å². The summed E-state index contributed by atoms with van der Waals surface area (Å²) < 4.78 is 30.3. The van der Waals surface area contributed by atoms with E-state index in [1.54, 1.807) is 23.0 Å². The lowest BCUT2D eigenvalue weighted by Crippen LogP contribution is -2.39. The normalized spacial score (nSPS) is 11.6. The van der Waals surface area contributed by atoms with Gasteiger partial charge in [0.15, 0.2) is 15.8 Å². The molecule has 1 aromatic carbocycles. The number of rotatable bonds is 8. The molecule has 10 heteroatoms. The highest BCUT2D eigenvalue weighted by Crippen LogP contribution is 2.15. The smallest absolute Gasteiger partial charge is 0.191 e. The highest BCUT2D eigenvalue weighted by Gasteiger charge is 2.06. The number of aromatic nitrogens is 2. The van der Waals surface area contributed by atoms with E-state index in [1.807, 2.05) is 20.0 Å². The standard InChI is InChI=1S/C17H25N5O3S.HI/c1-4-18-17(20-13-14-9-10-21-22(14)2)19-11-12-25-15-5-7-16(8-6-15)26(3,23)24;/h5-10H,4,11-13H2,1-3H3,(H2,18,19,20);1H. The summed E-state index contributed by atoms with van der Waals surface area (Å²) >= 11 is 0. The van der Waals surface area contributed by atoms with Gasteiger partial charge >= 0.3 is 0 Å². The van der Waals surface area contributed by atoms with Crippen LogP contribution in [0.25, 0.3) is 0 Å². The Hall–Kier alpha value is -1.82. The maximum atomic E-state index is 11.4. The van der Waals surface area contributed by atoms with Crippen LogP contribution in [0, 0.1) is 0 Å². The SMILES string of the molecule is CCNC(=NCc1ccnn1C)NCCOc1ccc(S(C)(=O)=O)cc1.I. The van der Waals surface area contributed by atoms with Crippen molar-refractivity contribution in [2.24, 2.45) is 12.0 Å². The summed E-state index contributed by atoms with van der Waals surface area (Å²) in [7, 11) is -1.31. The third kappa shape index (κ3) is 7.75. The number of hydrogen-bond donors (Lipinski definition) is 2. The van der Waals surface area contributed by atoms with Crippen LogP contribution in [-0.4, -0.2) is 50.1 Å². The molecule has 2 N–H and O–H groups in total. The molecule has 0 saturated heterocycles. The van der Waals surface area contributed by atoms with Crippen molar-refractivity contribution in [2.45, 2.75) is 18.4 Å². The fourth-order valence-electron chi connectivity index (χ4n) is 2.18. The van der Waals surface area contributed by atoms with Crippen LogP contribution in [0.4, 0.5) is 0 Å². The van der Waals surface area contributed by atoms with Gasteiger partial charge in [0, 0.05) is 26.0 Å². The van der Waals surface area contributed by atoms with Crippen molar-refractivity contribution < 1.29 is 13.2 Å². The summed E-state index contributed by atoms with van der Waals surface area (Å²) in [4.78, 5) is 4.79. The Morgan fingerprint density at radius 2 is 1.93 bits per heavy atom. The van der Waals surface area contributed by atoms with Gasteiger partial charge in [0.1, 0.15) is 12.4 Å². The highest BCUT2D eigenvalue weighted by atomic mass is 127. The molecule has 8 nitrogen and oxygen atoms in total. The molecule has 0 aliphatic rings. The van der Waals surface area contributed by atoms with Gasteiger partial charge in [-0.1, -0.05) is 0 Å². The lowest BCUT2D eigenvalue weighted by Gasteiger charge is -2.12. The first-order chi connectivity index (χ1) is 12.4. The largest absolute Gasteiger partial charge is 0.492 e. The summed E-state index contributed by atoms with van der Waals surface area (Å²) in [5.41, 5.74) is 1.02. The maximum absolute atomic E-state index is 11.4. The lowest BCUT2D eigenvalue weighted by atomic mass is 10.3. The molecule has 150 valence electrons. The van der Waals surface area contributed by atoms with E-state index >= 15 is 0 Å². The van der Waals surface area contributed by atoms with Crippen molar-refractivity contribution >= 4 is 39.8 Å². The molecule has 0 bridgehead atoms. The first-order valence-corrected chi connectivity index (χ1v) is 10.2. The van der Waals surface area contributed by atoms with Crippen molar-refractivity contribution in [3.8, 4) is 5.75 Å². The van der Waals surface area contributed by atoms with E-state index in [0.29, 0.717) is 31.4 Å². The van der Waals surface area contributed by atoms with E-state index in [1.165, 1.54) is 18.4 Å². The van der Waals surface area contributed by atoms with Gasteiger partial charge in [-0.3, -0.25) is 4.68 Å². The molecule has 0 spiro atoms. The Kier molecular flexibility index (Phi) is 9.56. The maximum Gasteiger partial charge on any atom is 0.191 e. The molecule has 0 amide bonds. The topological polar surface area (TPSA) is 97.6 Å². The van der Waals surface area contributed by atoms with Gasteiger partial charge < -0.3 is 15.4 Å². The lowest BCUT2D eigenvalue weighted by molar-refractivity contribution is 0.321. The van der Waals surface area contributed by atoms with Crippen LogP contribution in [0.5, 0.6) is 5.75 Å². The zero-order valence-electron chi connectivity index (χ0n) is 15.7. The molecule has 0 aliphatic carbocycles. The summed E-state index contributed by atoms with van der Waals surface area (Å²) in [6.07, 6.45) is 2.92. The molecule has 0 atom stereocenters. The van der Waals surface area contributed by atoms with Crippen molar-refractivity contribution in [3.05, 3.63) is 42.2 Å². The van der Waals surface area contributed by atoms with Gasteiger partial charge in [-0.25, -0.2) is 13.4 Å². The number of nitrogens with one attached hydrogen (secondary N) is 2. The van der Waals surface area contributed by atoms with Crippen LogP contribution in [0.15, 0.2) is 46.4 Å². The fourth-order valence-corrected chi connectivity index (χ4v) is 2.81. The van der Waals surface area contributed by atoms with Crippen LogP contribution in [0.3, 0.4) is 0 Å². The molecule has 0 unspecified atom stereocenters. The van der Waals surface area contributed by atoms with Gasteiger partial charge in [-0.05, 0) is 37.3 Å². The Morgan fingerprint density at radius 3 is 2.48 bits per heavy atom. The number of hydrogen-bond acceptors (Lipinski definition) is 5. The summed E-state index contributed by atoms with van der Waals surface area (Å²) in [5, 5.41) is 10.5. The van der Waals surface area contributed by atoms with Gasteiger partial charge in [0.25, 0.3) is 0 Å². The summed E-state index contributed by atoms with van der Waals surface area (Å²) in [6.45, 7) is 4.27. The van der Waals surface area contributed by atoms with E-state index in [4.69, 9.17) is 4.74 Å². The predicted octanol–water partition coefficient (Wildman–Crippen LogP) is 1.58. The second-order valence-electron chi connectivity index (χ2n) is 5.66. The molecule has 0 fully saturated rings. The Morgan fingerprint density at radius 1 is 1.22 bits per heavy atom. The molecule has 0 saturated carbocycles. The second kappa shape index (κ2) is 11.1. The number of halogens is 1. The second-order valence-corrected chi connectivity index (χ2v) is 7.68. The van der Waals surface area contributed by atoms with Crippen molar-refractivity contribution in [2.75, 3.05) is 26.0 Å². The number of benzene rings is 1. The minimum absolute atomic E-state index is 0. The van der Waals surface area contributed by atoms with Gasteiger partial charge in [0.2, 0.25) is 0 Å². The van der Waals surface area contributed by atoms with E-state index in [9.17, 15) is 8.42 Å². The summed E-state index contributed by atoms with van der Waals surface area (Å²) in [5.74, 6) is 1.32. The predicted molar refractivity (Wildman–Crippen MR) is 116 cm³/mol. The molecule has 0 aliphatic heterocycles. The van der Waals surface area contributed by atoms with Crippen LogP contribution in [-0.2, 0) is 23.4 Å². The zero-order valence-corrected chi connectivity index (χ0v) is 18.8. The molecular weight excluding hydrogens is 481 g/mol. The summed E-state index contributed by atoms with van der Waals surface area (Å²) in [6, 6.07) is 8.31. The fraction of sp³-hybridized carbons (Fsp3) is 0.412. The minimum atomic E-state index is -3.19. The number of ether oxygens (including phenoxy) is 1. The van der Waals surface area contributed by atoms with Crippen LogP contribution in [0.1, 0.15) is 12.6 Å². The minimum Gasteiger partial charge on any atom is -0.492 e. The third-order valence-electron chi connectivity index (χ3n) is 3.58. The zero-order chi connectivity index (χ0) is 19.0. The van der Waals surface area contributed by atoms with Crippen LogP contribution >= 0.6 is 24.0 Å². The van der Waals surface area contributed by atoms with E-state index < -0.39 is 9.84 Å². The average molecular weight is 507 g/mol. The molecular formula is C17H26IN5O3S. The number of nitrogens with zero attached hydrogens (tertiary/aromatic N) is 3. The van der Waals surface area contributed by atoms with Crippen molar-refractivity contribution in [1.82, 2.24) is 20.4 Å². The monoisotopic (exact) mass is 507 g/mol. The van der Waals surface area contributed by atoms with E-state index in [0.717, 1.165) is 12.2 Å².